The Labute approximate surface area is 148 Å². The highest BCUT2D eigenvalue weighted by molar-refractivity contribution is 6.32. The second kappa shape index (κ2) is 16.9. The Morgan fingerprint density at radius 3 is 1.96 bits per heavy atom. The van der Waals surface area contributed by atoms with Crippen LogP contribution in [0, 0.1) is 5.92 Å². The van der Waals surface area contributed by atoms with Crippen LogP contribution in [-0.2, 0) is 14.3 Å². The number of carboxylic acids is 1. The molecule has 0 aliphatic rings. The smallest absolute Gasteiger partial charge is 0.372 e. The van der Waals surface area contributed by atoms with Gasteiger partial charge in [0.25, 0.3) is 0 Å². The lowest BCUT2D eigenvalue weighted by Gasteiger charge is -2.16. The molecule has 0 aliphatic heterocycles. The molecule has 0 aromatic carbocycles. The van der Waals surface area contributed by atoms with Gasteiger partial charge in [0.15, 0.2) is 0 Å². The van der Waals surface area contributed by atoms with Crippen molar-refractivity contribution >= 4 is 11.8 Å². The molecule has 0 aromatic rings. The number of carbonyl (C=O) groups excluding carboxylic acids is 1. The van der Waals surface area contributed by atoms with Gasteiger partial charge in [-0.1, -0.05) is 71.6 Å². The third-order valence-electron chi connectivity index (χ3n) is 4.53. The molecule has 0 radical (unpaired) electrons. The number of rotatable bonds is 18. The maximum absolute atomic E-state index is 10.9. The van der Waals surface area contributed by atoms with E-state index in [-0.39, 0.29) is 6.42 Å². The topological polar surface area (TPSA) is 63.6 Å². The largest absolute Gasteiger partial charge is 0.476 e. The van der Waals surface area contributed by atoms with Crippen LogP contribution in [0.15, 0.2) is 0 Å². The Morgan fingerprint density at radius 1 is 0.792 bits per heavy atom. The number of hydrogen-bond acceptors (Lipinski definition) is 3. The second-order valence-corrected chi connectivity index (χ2v) is 6.80. The number of carboxylic acid groups (broad SMARTS) is 1. The molecule has 0 atom stereocenters. The van der Waals surface area contributed by atoms with Gasteiger partial charge < -0.3 is 9.84 Å². The molecule has 0 bridgehead atoms. The van der Waals surface area contributed by atoms with Crippen molar-refractivity contribution in [3.8, 4) is 0 Å². The van der Waals surface area contributed by atoms with Gasteiger partial charge in [0.05, 0.1) is 0 Å². The molecular formula is C20H38O4. The molecular weight excluding hydrogens is 304 g/mol. The van der Waals surface area contributed by atoms with Gasteiger partial charge in [0.1, 0.15) is 0 Å². The molecule has 0 heterocycles. The molecule has 0 saturated heterocycles. The predicted molar refractivity (Wildman–Crippen MR) is 98.3 cm³/mol. The zero-order valence-corrected chi connectivity index (χ0v) is 15.9. The standard InChI is InChI=1S/C20H38O4/c1-3-5-8-12-18(13-9-6-4-2)15-17-24-16-11-7-10-14-19(21)20(22)23/h18H,3-17H2,1-2H3,(H,22,23). The number of unbranched alkanes of at least 4 members (excludes halogenated alkanes) is 6. The average Bonchev–Trinajstić information content (AvgIpc) is 2.56. The molecule has 0 saturated carbocycles. The average molecular weight is 343 g/mol. The summed E-state index contributed by atoms with van der Waals surface area (Å²) in [5, 5.41) is 8.49. The summed E-state index contributed by atoms with van der Waals surface area (Å²) in [5.74, 6) is -1.20. The first-order valence-electron chi connectivity index (χ1n) is 9.95. The van der Waals surface area contributed by atoms with Crippen LogP contribution in [-0.4, -0.2) is 30.1 Å². The summed E-state index contributed by atoms with van der Waals surface area (Å²) in [6.07, 6.45) is 14.3. The number of hydrogen-bond donors (Lipinski definition) is 1. The fourth-order valence-electron chi connectivity index (χ4n) is 2.92. The minimum Gasteiger partial charge on any atom is -0.476 e. The van der Waals surface area contributed by atoms with E-state index in [2.05, 4.69) is 13.8 Å². The molecule has 0 fully saturated rings. The van der Waals surface area contributed by atoms with Crippen molar-refractivity contribution in [3.63, 3.8) is 0 Å². The minimum atomic E-state index is -1.32. The lowest BCUT2D eigenvalue weighted by molar-refractivity contribution is -0.149. The van der Waals surface area contributed by atoms with Gasteiger partial charge >= 0.3 is 5.97 Å². The highest BCUT2D eigenvalue weighted by Crippen LogP contribution is 2.21. The van der Waals surface area contributed by atoms with E-state index >= 15 is 0 Å². The molecule has 0 aliphatic carbocycles. The van der Waals surface area contributed by atoms with Gasteiger partial charge in [0, 0.05) is 19.6 Å². The minimum absolute atomic E-state index is 0.145. The van der Waals surface area contributed by atoms with E-state index in [0.717, 1.165) is 38.4 Å². The summed E-state index contributed by atoms with van der Waals surface area (Å²) < 4.78 is 5.73. The molecule has 0 unspecified atom stereocenters. The second-order valence-electron chi connectivity index (χ2n) is 6.80. The SMILES string of the molecule is CCCCCC(CCCCC)CCOCCCCCC(=O)C(=O)O. The monoisotopic (exact) mass is 342 g/mol. The van der Waals surface area contributed by atoms with Crippen LogP contribution in [0.3, 0.4) is 0 Å². The number of aliphatic carboxylic acids is 1. The van der Waals surface area contributed by atoms with Crippen molar-refractivity contribution < 1.29 is 19.4 Å². The van der Waals surface area contributed by atoms with Crippen molar-refractivity contribution in [2.24, 2.45) is 5.92 Å². The van der Waals surface area contributed by atoms with E-state index in [1.54, 1.807) is 0 Å². The first-order chi connectivity index (χ1) is 11.6. The van der Waals surface area contributed by atoms with E-state index in [4.69, 9.17) is 9.84 Å². The van der Waals surface area contributed by atoms with Crippen LogP contribution in [0.5, 0.6) is 0 Å². The first-order valence-corrected chi connectivity index (χ1v) is 9.95. The summed E-state index contributed by atoms with van der Waals surface area (Å²) in [5.41, 5.74) is 0. The summed E-state index contributed by atoms with van der Waals surface area (Å²) in [6.45, 7) is 6.05. The molecule has 142 valence electrons. The highest BCUT2D eigenvalue weighted by Gasteiger charge is 2.10. The van der Waals surface area contributed by atoms with Crippen molar-refractivity contribution in [1.82, 2.24) is 0 Å². The number of ether oxygens (including phenoxy) is 1. The quantitative estimate of drug-likeness (QED) is 0.268. The van der Waals surface area contributed by atoms with Gasteiger partial charge in [-0.25, -0.2) is 4.79 Å². The van der Waals surface area contributed by atoms with Crippen LogP contribution >= 0.6 is 0 Å². The number of Topliss-reactive ketones (excluding diaryl/α,β-unsaturated/α-hetero) is 1. The van der Waals surface area contributed by atoms with Gasteiger partial charge in [-0.2, -0.15) is 0 Å². The van der Waals surface area contributed by atoms with Crippen LogP contribution < -0.4 is 0 Å². The maximum atomic E-state index is 10.9. The molecule has 1 N–H and O–H groups in total. The van der Waals surface area contributed by atoms with Crippen molar-refractivity contribution in [3.05, 3.63) is 0 Å². The zero-order chi connectivity index (χ0) is 18.0. The Hall–Kier alpha value is -0.900. The molecule has 4 nitrogen and oxygen atoms in total. The Bertz CT molecular complexity index is 305. The van der Waals surface area contributed by atoms with Crippen molar-refractivity contribution in [2.75, 3.05) is 13.2 Å². The molecule has 0 rings (SSSR count). The molecule has 0 amide bonds. The lowest BCUT2D eigenvalue weighted by atomic mass is 9.92. The third-order valence-corrected chi connectivity index (χ3v) is 4.53. The van der Waals surface area contributed by atoms with Gasteiger partial charge in [-0.3, -0.25) is 4.79 Å². The summed E-state index contributed by atoms with van der Waals surface area (Å²) in [6, 6.07) is 0. The van der Waals surface area contributed by atoms with E-state index in [0.29, 0.717) is 6.42 Å². The van der Waals surface area contributed by atoms with E-state index in [1.807, 2.05) is 0 Å². The summed E-state index contributed by atoms with van der Waals surface area (Å²) in [4.78, 5) is 21.3. The van der Waals surface area contributed by atoms with Crippen molar-refractivity contribution in [2.45, 2.75) is 97.3 Å². The van der Waals surface area contributed by atoms with E-state index in [9.17, 15) is 9.59 Å². The fourth-order valence-corrected chi connectivity index (χ4v) is 2.92. The first kappa shape index (κ1) is 23.1. The summed E-state index contributed by atoms with van der Waals surface area (Å²) in [7, 11) is 0. The Balaban J connectivity index is 3.62. The van der Waals surface area contributed by atoms with Crippen LogP contribution in [0.2, 0.25) is 0 Å². The zero-order valence-electron chi connectivity index (χ0n) is 15.9. The van der Waals surface area contributed by atoms with Crippen molar-refractivity contribution in [1.29, 1.82) is 0 Å². The van der Waals surface area contributed by atoms with Gasteiger partial charge in [-0.15, -0.1) is 0 Å². The van der Waals surface area contributed by atoms with Gasteiger partial charge in [-0.05, 0) is 25.2 Å². The van der Waals surface area contributed by atoms with E-state index in [1.165, 1.54) is 51.4 Å². The van der Waals surface area contributed by atoms with Crippen LogP contribution in [0.25, 0.3) is 0 Å². The van der Waals surface area contributed by atoms with E-state index < -0.39 is 11.8 Å². The van der Waals surface area contributed by atoms with Crippen LogP contribution in [0.4, 0.5) is 0 Å². The van der Waals surface area contributed by atoms with Crippen LogP contribution in [0.1, 0.15) is 97.3 Å². The molecule has 24 heavy (non-hydrogen) atoms. The Morgan fingerprint density at radius 2 is 1.42 bits per heavy atom. The highest BCUT2D eigenvalue weighted by atomic mass is 16.5. The normalized spacial score (nSPS) is 11.1. The van der Waals surface area contributed by atoms with Gasteiger partial charge in [0.2, 0.25) is 5.78 Å². The lowest BCUT2D eigenvalue weighted by Crippen LogP contribution is -2.11. The number of carbonyl (C=O) groups is 2. The molecule has 0 aromatic heterocycles. The Kier molecular flexibility index (Phi) is 16.3. The molecule has 0 spiro atoms. The third kappa shape index (κ3) is 14.7. The maximum Gasteiger partial charge on any atom is 0.372 e. The fraction of sp³-hybridized carbons (Fsp3) is 0.900. The predicted octanol–water partition coefficient (Wildman–Crippen LogP) is 5.38. The molecule has 4 heteroatoms. The number of ketones is 1. The summed E-state index contributed by atoms with van der Waals surface area (Å²) >= 11 is 0.